The summed E-state index contributed by atoms with van der Waals surface area (Å²) in [4.78, 5) is 119. The van der Waals surface area contributed by atoms with Crippen molar-refractivity contribution in [2.45, 2.75) is 190 Å². The molecule has 0 spiro atoms. The van der Waals surface area contributed by atoms with Crippen LogP contribution < -0.4 is 69.5 Å². The highest BCUT2D eigenvalue weighted by Crippen LogP contribution is 2.23. The number of nitrogens with zero attached hydrogens (tertiary/aromatic N) is 2. The molecule has 698 valence electrons. The lowest BCUT2D eigenvalue weighted by Crippen LogP contribution is -2.43. The van der Waals surface area contributed by atoms with Crippen LogP contribution in [0.5, 0.6) is 0 Å². The Balaban J connectivity index is 0.000000542. The first-order chi connectivity index (χ1) is 61.0. The summed E-state index contributed by atoms with van der Waals surface area (Å²) in [6, 6.07) is 57.0. The van der Waals surface area contributed by atoms with Gasteiger partial charge in [-0.15, -0.1) is 46.4 Å². The number of aryl methyl sites for hydroxylation is 4. The summed E-state index contributed by atoms with van der Waals surface area (Å²) >= 11 is 23.3. The molecule has 128 heavy (non-hydrogen) atoms. The van der Waals surface area contributed by atoms with Crippen LogP contribution >= 0.6 is 46.4 Å². The SMILES string of the molecule is CC(C)CCC(=O)O.CCc1cccc(N)c1.CCc1cccc(NC(=O)CCC(C)C)c1.CCc1cccc(NC(=O)CCC(C)N)c1.CCc1cccc(NC(=O)CCC(C)NC(=O)Nc2ccc(N(CCCl)CCCl)cc2)c1.Nc1cccc(CC(=O)O)c1.O=C(O)Cc1cccc(NC(=O)CCC(NC(=O)Nc2ccc(N(CCCl)CCCl)cc2)C(=O)O)c1. The van der Waals surface area contributed by atoms with Gasteiger partial charge in [0.2, 0.25) is 23.6 Å². The van der Waals surface area contributed by atoms with Crippen molar-refractivity contribution in [2.24, 2.45) is 17.6 Å². The van der Waals surface area contributed by atoms with E-state index in [-0.39, 0.29) is 61.5 Å². The monoisotopic (exact) mass is 1840 g/mol. The summed E-state index contributed by atoms with van der Waals surface area (Å²) in [5.74, 6) is -1.22. The van der Waals surface area contributed by atoms with Gasteiger partial charge < -0.3 is 90.0 Å². The number of benzene rings is 8. The molecule has 8 aromatic rings. The van der Waals surface area contributed by atoms with Crippen LogP contribution in [0.3, 0.4) is 0 Å². The van der Waals surface area contributed by atoms with Gasteiger partial charge in [-0.3, -0.25) is 33.6 Å². The Labute approximate surface area is 775 Å². The Morgan fingerprint density at radius 2 is 0.633 bits per heavy atom. The van der Waals surface area contributed by atoms with E-state index in [0.29, 0.717) is 122 Å². The van der Waals surface area contributed by atoms with Crippen LogP contribution in [0.1, 0.15) is 167 Å². The van der Waals surface area contributed by atoms with E-state index in [4.69, 9.17) is 78.9 Å². The third-order valence-electron chi connectivity index (χ3n) is 18.6. The van der Waals surface area contributed by atoms with E-state index in [2.05, 4.69) is 107 Å². The number of halogens is 4. The van der Waals surface area contributed by atoms with E-state index in [1.807, 2.05) is 136 Å². The molecule has 0 bridgehead atoms. The number of rotatable bonds is 42. The third kappa shape index (κ3) is 53.8. The Hall–Kier alpha value is -11.6. The fraction of sp³-hybridized carbons (Fsp3) is 0.402. The molecular formula is C97H133Cl4N13O14. The van der Waals surface area contributed by atoms with Crippen LogP contribution in [-0.2, 0) is 76.9 Å². The molecule has 0 aliphatic heterocycles. The Morgan fingerprint density at radius 1 is 0.336 bits per heavy atom. The molecule has 0 fully saturated rings. The number of aliphatic carboxylic acids is 4. The number of hydrogen-bond acceptors (Lipinski definition) is 15. The molecule has 0 aliphatic rings. The summed E-state index contributed by atoms with van der Waals surface area (Å²) in [6.45, 7) is 23.1. The second-order valence-electron chi connectivity index (χ2n) is 30.7. The molecule has 0 saturated carbocycles. The first-order valence-electron chi connectivity index (χ1n) is 43.0. The molecule has 0 aliphatic carbocycles. The maximum atomic E-state index is 12.3. The van der Waals surface area contributed by atoms with Gasteiger partial charge >= 0.3 is 35.9 Å². The molecule has 3 atom stereocenters. The van der Waals surface area contributed by atoms with E-state index in [1.165, 1.54) is 28.3 Å². The second kappa shape index (κ2) is 65.9. The molecule has 0 saturated heterocycles. The molecule has 0 aromatic heterocycles. The zero-order chi connectivity index (χ0) is 95.3. The number of carboxylic acid groups (broad SMARTS) is 4. The van der Waals surface area contributed by atoms with Crippen LogP contribution in [0.2, 0.25) is 0 Å². The van der Waals surface area contributed by atoms with Gasteiger partial charge in [0.1, 0.15) is 6.04 Å². The molecule has 27 nitrogen and oxygen atoms in total. The van der Waals surface area contributed by atoms with Crippen LogP contribution in [-0.4, -0.2) is 148 Å². The molecule has 31 heteroatoms. The highest BCUT2D eigenvalue weighted by Gasteiger charge is 2.22. The van der Waals surface area contributed by atoms with Gasteiger partial charge in [0.05, 0.1) is 12.8 Å². The van der Waals surface area contributed by atoms with E-state index in [9.17, 15) is 53.1 Å². The van der Waals surface area contributed by atoms with E-state index in [0.717, 1.165) is 84.6 Å². The lowest BCUT2D eigenvalue weighted by molar-refractivity contribution is -0.140. The molecule has 8 amide bonds. The molecule has 8 rings (SSSR count). The van der Waals surface area contributed by atoms with Crippen LogP contribution in [0.15, 0.2) is 194 Å². The summed E-state index contributed by atoms with van der Waals surface area (Å²) in [5, 5.41) is 56.9. The fourth-order valence-corrected chi connectivity index (χ4v) is 12.5. The molecule has 0 heterocycles. The van der Waals surface area contributed by atoms with Crippen LogP contribution in [0, 0.1) is 11.8 Å². The van der Waals surface area contributed by atoms with Crippen molar-refractivity contribution >= 4 is 163 Å². The molecule has 3 unspecified atom stereocenters. The lowest BCUT2D eigenvalue weighted by Gasteiger charge is -2.23. The summed E-state index contributed by atoms with van der Waals surface area (Å²) in [7, 11) is 0. The van der Waals surface area contributed by atoms with Crippen molar-refractivity contribution in [1.82, 2.24) is 10.6 Å². The number of alkyl halides is 4. The first-order valence-corrected chi connectivity index (χ1v) is 45.1. The van der Waals surface area contributed by atoms with Crippen LogP contribution in [0.4, 0.5) is 66.5 Å². The Bertz CT molecular complexity index is 4540. The summed E-state index contributed by atoms with van der Waals surface area (Å²) in [5.41, 5.74) is 30.2. The van der Waals surface area contributed by atoms with Crippen molar-refractivity contribution in [3.8, 4) is 0 Å². The second-order valence-corrected chi connectivity index (χ2v) is 32.2. The minimum absolute atomic E-state index is 0.0328. The topological polar surface area (TPSA) is 432 Å². The van der Waals surface area contributed by atoms with Crippen molar-refractivity contribution in [3.63, 3.8) is 0 Å². The number of carbonyl (C=O) groups excluding carboxylic acids is 6. The predicted molar refractivity (Wildman–Crippen MR) is 525 cm³/mol. The Morgan fingerprint density at radius 3 is 0.938 bits per heavy atom. The number of urea groups is 2. The lowest BCUT2D eigenvalue weighted by atomic mass is 10.1. The van der Waals surface area contributed by atoms with Gasteiger partial charge in [-0.05, 0) is 238 Å². The van der Waals surface area contributed by atoms with E-state index >= 15 is 0 Å². The quantitative estimate of drug-likeness (QED) is 0.0125. The number of nitrogen functional groups attached to an aromatic ring is 2. The van der Waals surface area contributed by atoms with E-state index in [1.54, 1.807) is 66.7 Å². The highest BCUT2D eigenvalue weighted by atomic mass is 35.5. The fourth-order valence-electron chi connectivity index (χ4n) is 11.6. The maximum Gasteiger partial charge on any atom is 0.326 e. The summed E-state index contributed by atoms with van der Waals surface area (Å²) < 4.78 is 0. The number of anilines is 10. The largest absolute Gasteiger partial charge is 0.481 e. The number of nitrogens with one attached hydrogen (secondary N) is 8. The smallest absolute Gasteiger partial charge is 0.326 e. The van der Waals surface area contributed by atoms with Gasteiger partial charge in [-0.25, -0.2) is 14.4 Å². The number of hydrogen-bond donors (Lipinski definition) is 15. The molecular weight excluding hydrogens is 1710 g/mol. The number of nitrogens with two attached hydrogens (primary N) is 3. The van der Waals surface area contributed by atoms with Gasteiger partial charge in [0.25, 0.3) is 0 Å². The number of carbonyl (C=O) groups is 10. The average Bonchev–Trinajstić information content (AvgIpc) is 0.863. The standard InChI is InChI=1S/C24H28Cl2N4O6.C24H32Cl2N4O2.C14H21NO.C13H20N2O.C8H9NO2.C8H11N.C6H12O2/c25-10-12-30(13-11-26)19-6-4-17(5-7-19)28-24(36)29-20(23(34)35)8-9-21(31)27-18-3-1-2-16(14-18)15-22(32)33;1-3-19-5-4-6-21(17-19)28-23(31)12-7-18(2)27-24(32)29-20-8-10-22(11-9-20)30(15-13-25)16-14-26;1-4-12-6-5-7-13(10-12)15-14(16)9-8-11(2)3;1-3-11-5-4-6-12(9-11)15-13(16)8-7-10(2)14;9-7-3-1-2-6(4-7)5-8(10)11;1-2-7-4-3-5-8(9)6-7;1-5(2)3-4-6(7)8/h1-7,14,20H,8-13,15H2,(H,27,31)(H,32,33)(H,34,35)(H2,28,29,36);4-6,8-11,17-18H,3,7,12-16H2,1-2H3,(H,28,31)(H2,27,29,32);5-7,10-11H,4,8-9H2,1-3H3,(H,15,16);4-6,9-10H,3,7-8,14H2,1-2H3,(H,15,16);1-4H,5,9H2,(H,10,11);3-6H,2,9H2,1H3;5H,3-4H2,1-2H3,(H,7,8). The maximum absolute atomic E-state index is 12.3. The van der Waals surface area contributed by atoms with Gasteiger partial charge in [-0.1, -0.05) is 128 Å². The normalized spacial score (nSPS) is 11.0. The van der Waals surface area contributed by atoms with Crippen molar-refractivity contribution in [3.05, 3.63) is 228 Å². The number of carboxylic acids is 4. The first kappa shape index (κ1) is 112. The van der Waals surface area contributed by atoms with Gasteiger partial charge in [-0.2, -0.15) is 0 Å². The third-order valence-corrected chi connectivity index (χ3v) is 19.3. The van der Waals surface area contributed by atoms with Crippen LogP contribution in [0.25, 0.3) is 0 Å². The highest BCUT2D eigenvalue weighted by molar-refractivity contribution is 6.19. The molecule has 8 aromatic carbocycles. The minimum atomic E-state index is -1.30. The van der Waals surface area contributed by atoms with Crippen molar-refractivity contribution in [1.29, 1.82) is 0 Å². The number of amides is 8. The zero-order valence-corrected chi connectivity index (χ0v) is 78.4. The average molecular weight is 1850 g/mol. The van der Waals surface area contributed by atoms with E-state index < -0.39 is 41.9 Å². The predicted octanol–water partition coefficient (Wildman–Crippen LogP) is 19.2. The molecule has 0 radical (unpaired) electrons. The van der Waals surface area contributed by atoms with Gasteiger partial charge in [0.15, 0.2) is 0 Å². The van der Waals surface area contributed by atoms with Crippen molar-refractivity contribution in [2.75, 3.05) is 103 Å². The van der Waals surface area contributed by atoms with Crippen molar-refractivity contribution < 1.29 is 68.4 Å². The van der Waals surface area contributed by atoms with Gasteiger partial charge in [0, 0.05) is 151 Å². The molecule has 18 N–H and O–H groups in total. The minimum Gasteiger partial charge on any atom is -0.481 e. The zero-order valence-electron chi connectivity index (χ0n) is 75.3. The summed E-state index contributed by atoms with van der Waals surface area (Å²) in [6.07, 6.45) is 8.18. The Kier molecular flexibility index (Phi) is 57.9.